The highest BCUT2D eigenvalue weighted by molar-refractivity contribution is 7.99. The Balaban J connectivity index is 1.55. The van der Waals surface area contributed by atoms with Gasteiger partial charge in [0.25, 0.3) is 11.8 Å². The maximum absolute atomic E-state index is 12.8. The molecule has 0 aliphatic carbocycles. The number of para-hydroxylation sites is 2. The van der Waals surface area contributed by atoms with Crippen LogP contribution in [0.15, 0.2) is 30.5 Å². The number of ether oxygens (including phenoxy) is 1. The first-order chi connectivity index (χ1) is 12.9. The molecule has 0 spiro atoms. The van der Waals surface area contributed by atoms with Gasteiger partial charge in [-0.15, -0.1) is 11.8 Å². The fourth-order valence-electron chi connectivity index (χ4n) is 3.25. The normalized spacial score (nSPS) is 20.3. The zero-order valence-electron chi connectivity index (χ0n) is 15.4. The van der Waals surface area contributed by atoms with E-state index in [9.17, 15) is 9.59 Å². The minimum atomic E-state index is -0.811. The van der Waals surface area contributed by atoms with Gasteiger partial charge in [0, 0.05) is 24.6 Å². The highest BCUT2D eigenvalue weighted by Gasteiger charge is 2.35. The molecular formula is C19H20N4O3S. The van der Waals surface area contributed by atoms with E-state index in [1.165, 1.54) is 4.90 Å². The van der Waals surface area contributed by atoms with Gasteiger partial charge in [-0.25, -0.2) is 9.97 Å². The van der Waals surface area contributed by atoms with Crippen molar-refractivity contribution in [3.05, 3.63) is 47.5 Å². The lowest BCUT2D eigenvalue weighted by Gasteiger charge is -2.20. The second kappa shape index (κ2) is 6.53. The Labute approximate surface area is 161 Å². The molecule has 1 aromatic heterocycles. The fraction of sp³-hybridized carbons (Fsp3) is 0.368. The van der Waals surface area contributed by atoms with Crippen molar-refractivity contribution in [3.63, 3.8) is 0 Å². The van der Waals surface area contributed by atoms with E-state index < -0.39 is 11.9 Å². The van der Waals surface area contributed by atoms with E-state index in [-0.39, 0.29) is 23.1 Å². The molecule has 1 N–H and O–H groups in total. The summed E-state index contributed by atoms with van der Waals surface area (Å²) in [6, 6.07) is 6.47. The highest BCUT2D eigenvalue weighted by atomic mass is 32.2. The predicted octanol–water partition coefficient (Wildman–Crippen LogP) is 2.11. The van der Waals surface area contributed by atoms with Crippen LogP contribution in [0.5, 0.6) is 5.75 Å². The Morgan fingerprint density at radius 2 is 2.15 bits per heavy atom. The van der Waals surface area contributed by atoms with Crippen LogP contribution >= 0.6 is 11.8 Å². The summed E-state index contributed by atoms with van der Waals surface area (Å²) in [4.78, 5) is 35.6. The van der Waals surface area contributed by atoms with Crippen LogP contribution in [0.2, 0.25) is 0 Å². The second-order valence-electron chi connectivity index (χ2n) is 7.07. The summed E-state index contributed by atoms with van der Waals surface area (Å²) in [6.45, 7) is 4.21. The van der Waals surface area contributed by atoms with Crippen LogP contribution in [-0.4, -0.2) is 41.5 Å². The molecule has 7 nitrogen and oxygen atoms in total. The van der Waals surface area contributed by atoms with Crippen molar-refractivity contribution in [1.29, 1.82) is 0 Å². The molecule has 0 unspecified atom stereocenters. The summed E-state index contributed by atoms with van der Waals surface area (Å²) in [5, 5.41) is 2.72. The van der Waals surface area contributed by atoms with E-state index in [1.54, 1.807) is 37.1 Å². The maximum atomic E-state index is 12.8. The number of nitrogens with zero attached hydrogens (tertiary/aromatic N) is 3. The summed E-state index contributed by atoms with van der Waals surface area (Å²) >= 11 is 1.77. The first-order valence-electron chi connectivity index (χ1n) is 8.67. The maximum Gasteiger partial charge on any atom is 0.289 e. The molecule has 8 heteroatoms. The molecule has 2 aromatic rings. The predicted molar refractivity (Wildman–Crippen MR) is 103 cm³/mol. The van der Waals surface area contributed by atoms with Crippen molar-refractivity contribution in [1.82, 2.24) is 15.3 Å². The minimum absolute atomic E-state index is 0.0538. The van der Waals surface area contributed by atoms with Gasteiger partial charge in [0.15, 0.2) is 0 Å². The molecule has 0 fully saturated rings. The van der Waals surface area contributed by atoms with Crippen LogP contribution in [0.25, 0.3) is 0 Å². The largest absolute Gasteiger partial charge is 0.489 e. The summed E-state index contributed by atoms with van der Waals surface area (Å²) < 4.78 is 5.57. The molecule has 0 bridgehead atoms. The number of fused-ring (bicyclic) bond motifs is 2. The van der Waals surface area contributed by atoms with Crippen LogP contribution in [0.4, 0.5) is 5.69 Å². The first-order valence-corrected chi connectivity index (χ1v) is 9.66. The van der Waals surface area contributed by atoms with Gasteiger partial charge < -0.3 is 15.0 Å². The molecule has 4 rings (SSSR count). The number of carbonyl (C=O) groups is 2. The van der Waals surface area contributed by atoms with Crippen molar-refractivity contribution in [2.75, 3.05) is 18.6 Å². The van der Waals surface area contributed by atoms with E-state index in [2.05, 4.69) is 29.1 Å². The standard InChI is InChI=1S/C19H20N4O3S/c1-19(2)15-11(10-27-19)8-20-16(22-15)17(24)21-12-9-26-14-7-5-4-6-13(14)23(3)18(12)25/h4-8,12H,9-10H2,1-3H3,(H,21,24)/t12-/m0/s1. The zero-order valence-corrected chi connectivity index (χ0v) is 16.2. The Kier molecular flexibility index (Phi) is 4.30. The van der Waals surface area contributed by atoms with Crippen LogP contribution in [0.3, 0.4) is 0 Å². The number of hydrogen-bond donors (Lipinski definition) is 1. The van der Waals surface area contributed by atoms with Gasteiger partial charge in [0.05, 0.1) is 16.1 Å². The van der Waals surface area contributed by atoms with E-state index >= 15 is 0 Å². The molecule has 0 saturated carbocycles. The molecule has 27 heavy (non-hydrogen) atoms. The topological polar surface area (TPSA) is 84.4 Å². The number of benzene rings is 1. The number of rotatable bonds is 2. The molecule has 3 heterocycles. The molecule has 140 valence electrons. The number of hydrogen-bond acceptors (Lipinski definition) is 6. The van der Waals surface area contributed by atoms with Gasteiger partial charge in [0.1, 0.15) is 18.4 Å². The van der Waals surface area contributed by atoms with Crippen molar-refractivity contribution >= 4 is 29.3 Å². The molecule has 2 aliphatic heterocycles. The monoisotopic (exact) mass is 384 g/mol. The fourth-order valence-corrected chi connectivity index (χ4v) is 4.29. The van der Waals surface area contributed by atoms with Gasteiger partial charge in [0.2, 0.25) is 5.82 Å². The SMILES string of the molecule is CN1C(=O)[C@@H](NC(=O)c2ncc3c(n2)C(C)(C)SC3)COc2ccccc21. The average molecular weight is 384 g/mol. The van der Waals surface area contributed by atoms with E-state index in [1.807, 2.05) is 12.1 Å². The molecule has 1 atom stereocenters. The Bertz CT molecular complexity index is 931. The highest BCUT2D eigenvalue weighted by Crippen LogP contribution is 2.44. The minimum Gasteiger partial charge on any atom is -0.489 e. The average Bonchev–Trinajstić information content (AvgIpc) is 2.92. The van der Waals surface area contributed by atoms with E-state index in [0.717, 1.165) is 17.0 Å². The van der Waals surface area contributed by atoms with Gasteiger partial charge in [-0.2, -0.15) is 0 Å². The van der Waals surface area contributed by atoms with Gasteiger partial charge >= 0.3 is 0 Å². The molecule has 0 radical (unpaired) electrons. The Morgan fingerprint density at radius 3 is 2.96 bits per heavy atom. The number of thioether (sulfide) groups is 1. The number of anilines is 1. The zero-order chi connectivity index (χ0) is 19.2. The Hall–Kier alpha value is -2.61. The lowest BCUT2D eigenvalue weighted by atomic mass is 10.1. The lowest BCUT2D eigenvalue weighted by molar-refractivity contribution is -0.120. The third kappa shape index (κ3) is 3.14. The van der Waals surface area contributed by atoms with Crippen LogP contribution in [-0.2, 0) is 15.3 Å². The van der Waals surface area contributed by atoms with E-state index in [4.69, 9.17) is 4.74 Å². The third-order valence-corrected chi connectivity index (χ3v) is 6.16. The number of carbonyl (C=O) groups excluding carboxylic acids is 2. The van der Waals surface area contributed by atoms with Crippen molar-refractivity contribution < 1.29 is 14.3 Å². The first kappa shape index (κ1) is 17.8. The molecule has 0 saturated heterocycles. The van der Waals surface area contributed by atoms with Crippen molar-refractivity contribution in [2.45, 2.75) is 30.4 Å². The molecule has 1 aromatic carbocycles. The van der Waals surface area contributed by atoms with Gasteiger partial charge in [-0.05, 0) is 26.0 Å². The third-order valence-electron chi connectivity index (χ3n) is 4.79. The van der Waals surface area contributed by atoms with Crippen LogP contribution in [0, 0.1) is 0 Å². The lowest BCUT2D eigenvalue weighted by Crippen LogP contribution is -2.49. The van der Waals surface area contributed by atoms with Crippen LogP contribution < -0.4 is 15.0 Å². The second-order valence-corrected chi connectivity index (χ2v) is 8.67. The van der Waals surface area contributed by atoms with Crippen molar-refractivity contribution in [3.8, 4) is 5.75 Å². The van der Waals surface area contributed by atoms with Gasteiger partial charge in [-0.1, -0.05) is 12.1 Å². The Morgan fingerprint density at radius 1 is 1.37 bits per heavy atom. The summed E-state index contributed by atoms with van der Waals surface area (Å²) in [7, 11) is 1.67. The molecule has 2 amide bonds. The van der Waals surface area contributed by atoms with Crippen molar-refractivity contribution in [2.24, 2.45) is 0 Å². The number of amides is 2. The summed E-state index contributed by atoms with van der Waals surface area (Å²) in [5.74, 6) is 0.791. The summed E-state index contributed by atoms with van der Waals surface area (Å²) in [6.07, 6.45) is 1.70. The smallest absolute Gasteiger partial charge is 0.289 e. The number of likely N-dealkylation sites (N-methyl/N-ethyl adjacent to an activating group) is 1. The molecular weight excluding hydrogens is 364 g/mol. The summed E-state index contributed by atoms with van der Waals surface area (Å²) in [5.41, 5.74) is 2.60. The van der Waals surface area contributed by atoms with E-state index in [0.29, 0.717) is 11.4 Å². The van der Waals surface area contributed by atoms with Gasteiger partial charge in [-0.3, -0.25) is 9.59 Å². The number of aromatic nitrogens is 2. The number of nitrogens with one attached hydrogen (secondary N) is 1. The quantitative estimate of drug-likeness (QED) is 0.854. The van der Waals surface area contributed by atoms with Crippen LogP contribution in [0.1, 0.15) is 35.7 Å². The molecule has 2 aliphatic rings.